The van der Waals surface area contributed by atoms with E-state index < -0.39 is 0 Å². The summed E-state index contributed by atoms with van der Waals surface area (Å²) in [6.07, 6.45) is 4.54. The number of rotatable bonds is 8. The van der Waals surface area contributed by atoms with Crippen molar-refractivity contribution in [2.75, 3.05) is 11.9 Å². The number of benzene rings is 1. The monoisotopic (exact) mass is 302 g/mol. The number of aryl methyl sites for hydroxylation is 1. The fourth-order valence-electron chi connectivity index (χ4n) is 2.16. The number of aromatic nitrogens is 2. The van der Waals surface area contributed by atoms with Crippen molar-refractivity contribution >= 4 is 11.6 Å². The molecule has 0 saturated carbocycles. The Labute approximate surface area is 130 Å². The molecular weight excluding hydrogens is 280 g/mol. The highest BCUT2D eigenvalue weighted by Crippen LogP contribution is 2.20. The lowest BCUT2D eigenvalue weighted by atomic mass is 10.1. The van der Waals surface area contributed by atoms with Crippen LogP contribution in [0.1, 0.15) is 38.0 Å². The minimum atomic E-state index is 0.0224. The van der Waals surface area contributed by atoms with E-state index in [9.17, 15) is 4.79 Å². The van der Waals surface area contributed by atoms with E-state index in [1.807, 2.05) is 24.3 Å². The van der Waals surface area contributed by atoms with Gasteiger partial charge in [-0.2, -0.15) is 4.98 Å². The van der Waals surface area contributed by atoms with Crippen molar-refractivity contribution in [1.29, 1.82) is 0 Å². The van der Waals surface area contributed by atoms with Crippen molar-refractivity contribution in [1.82, 2.24) is 10.1 Å². The maximum absolute atomic E-state index is 11.9. The van der Waals surface area contributed by atoms with E-state index >= 15 is 0 Å². The molecule has 0 fully saturated rings. The molecule has 6 nitrogen and oxygen atoms in total. The van der Waals surface area contributed by atoms with Crippen LogP contribution in [0.4, 0.5) is 5.69 Å². The van der Waals surface area contributed by atoms with Gasteiger partial charge in [0.15, 0.2) is 0 Å². The van der Waals surface area contributed by atoms with Crippen molar-refractivity contribution in [2.24, 2.45) is 5.73 Å². The fourth-order valence-corrected chi connectivity index (χ4v) is 2.16. The average molecular weight is 302 g/mol. The zero-order valence-corrected chi connectivity index (χ0v) is 12.8. The zero-order chi connectivity index (χ0) is 15.8. The van der Waals surface area contributed by atoms with Gasteiger partial charge in [-0.05, 0) is 31.5 Å². The van der Waals surface area contributed by atoms with Gasteiger partial charge in [-0.1, -0.05) is 30.1 Å². The van der Waals surface area contributed by atoms with Gasteiger partial charge < -0.3 is 15.6 Å². The van der Waals surface area contributed by atoms with Crippen LogP contribution in [-0.2, 0) is 4.79 Å². The third kappa shape index (κ3) is 4.96. The van der Waals surface area contributed by atoms with Gasteiger partial charge in [-0.15, -0.1) is 0 Å². The predicted molar refractivity (Wildman–Crippen MR) is 85.2 cm³/mol. The molecule has 1 aromatic carbocycles. The second-order valence-electron chi connectivity index (χ2n) is 5.22. The molecule has 0 aliphatic carbocycles. The smallest absolute Gasteiger partial charge is 0.224 e. The van der Waals surface area contributed by atoms with Crippen LogP contribution in [-0.4, -0.2) is 22.6 Å². The van der Waals surface area contributed by atoms with Gasteiger partial charge in [0.2, 0.25) is 17.6 Å². The Morgan fingerprint density at radius 1 is 1.27 bits per heavy atom. The minimum Gasteiger partial charge on any atom is -0.339 e. The Kier molecular flexibility index (Phi) is 6.09. The molecule has 2 aromatic rings. The van der Waals surface area contributed by atoms with Crippen LogP contribution in [0.5, 0.6) is 0 Å². The molecule has 3 N–H and O–H groups in total. The van der Waals surface area contributed by atoms with Crippen molar-refractivity contribution in [3.8, 4) is 11.4 Å². The van der Waals surface area contributed by atoms with Crippen molar-refractivity contribution < 1.29 is 9.32 Å². The summed E-state index contributed by atoms with van der Waals surface area (Å²) < 4.78 is 4.97. The lowest BCUT2D eigenvalue weighted by molar-refractivity contribution is -0.116. The first-order valence-electron chi connectivity index (χ1n) is 7.59. The zero-order valence-electron chi connectivity index (χ0n) is 12.8. The third-order valence-electron chi connectivity index (χ3n) is 3.29. The van der Waals surface area contributed by atoms with Crippen molar-refractivity contribution in [3.05, 3.63) is 30.2 Å². The molecule has 0 atom stereocenters. The third-order valence-corrected chi connectivity index (χ3v) is 3.29. The fraction of sp³-hybridized carbons (Fsp3) is 0.438. The summed E-state index contributed by atoms with van der Waals surface area (Å²) in [5.41, 5.74) is 7.00. The Bertz CT molecular complexity index is 610. The maximum Gasteiger partial charge on any atom is 0.224 e. The number of unbranched alkanes of at least 4 members (excludes halogenated alkanes) is 3. The molecule has 118 valence electrons. The summed E-state index contributed by atoms with van der Waals surface area (Å²) in [7, 11) is 0. The van der Waals surface area contributed by atoms with Gasteiger partial charge >= 0.3 is 0 Å². The second-order valence-corrected chi connectivity index (χ2v) is 5.22. The SMILES string of the molecule is Cc1nc(-c2cccc(NC(=O)CCCCCCN)c2)no1. The van der Waals surface area contributed by atoms with Crippen LogP contribution >= 0.6 is 0 Å². The topological polar surface area (TPSA) is 94.0 Å². The van der Waals surface area contributed by atoms with E-state index in [0.717, 1.165) is 36.9 Å². The van der Waals surface area contributed by atoms with Gasteiger partial charge in [-0.25, -0.2) is 0 Å². The molecule has 2 rings (SSSR count). The number of hydrogen-bond acceptors (Lipinski definition) is 5. The van der Waals surface area contributed by atoms with E-state index in [1.165, 1.54) is 0 Å². The van der Waals surface area contributed by atoms with E-state index in [-0.39, 0.29) is 5.91 Å². The lowest BCUT2D eigenvalue weighted by Crippen LogP contribution is -2.11. The van der Waals surface area contributed by atoms with Crippen LogP contribution in [0.3, 0.4) is 0 Å². The number of anilines is 1. The highest BCUT2D eigenvalue weighted by atomic mass is 16.5. The molecule has 0 aliphatic rings. The molecule has 22 heavy (non-hydrogen) atoms. The molecule has 6 heteroatoms. The Morgan fingerprint density at radius 3 is 2.82 bits per heavy atom. The maximum atomic E-state index is 11.9. The van der Waals surface area contributed by atoms with Gasteiger partial charge in [-0.3, -0.25) is 4.79 Å². The first kappa shape index (κ1) is 16.2. The van der Waals surface area contributed by atoms with E-state index in [4.69, 9.17) is 10.3 Å². The number of nitrogens with two attached hydrogens (primary N) is 1. The molecular formula is C16H22N4O2. The van der Waals surface area contributed by atoms with Crippen LogP contribution in [0.2, 0.25) is 0 Å². The molecule has 0 saturated heterocycles. The summed E-state index contributed by atoms with van der Waals surface area (Å²) in [4.78, 5) is 16.1. The first-order valence-corrected chi connectivity index (χ1v) is 7.59. The Morgan fingerprint density at radius 2 is 2.09 bits per heavy atom. The summed E-state index contributed by atoms with van der Waals surface area (Å²) in [6.45, 7) is 2.46. The van der Waals surface area contributed by atoms with Crippen LogP contribution in [0, 0.1) is 6.92 Å². The van der Waals surface area contributed by atoms with E-state index in [1.54, 1.807) is 6.92 Å². The van der Waals surface area contributed by atoms with Gasteiger partial charge in [0.1, 0.15) is 0 Å². The number of nitrogens with zero attached hydrogens (tertiary/aromatic N) is 2. The quantitative estimate of drug-likeness (QED) is 0.731. The summed E-state index contributed by atoms with van der Waals surface area (Å²) in [5.74, 6) is 1.06. The molecule has 0 aliphatic heterocycles. The lowest BCUT2D eigenvalue weighted by Gasteiger charge is -2.06. The van der Waals surface area contributed by atoms with Crippen LogP contribution < -0.4 is 11.1 Å². The number of hydrogen-bond donors (Lipinski definition) is 2. The Balaban J connectivity index is 1.86. The van der Waals surface area contributed by atoms with Gasteiger partial charge in [0.05, 0.1) is 0 Å². The van der Waals surface area contributed by atoms with Crippen molar-refractivity contribution in [3.63, 3.8) is 0 Å². The van der Waals surface area contributed by atoms with Gasteiger partial charge in [0, 0.05) is 24.6 Å². The second kappa shape index (κ2) is 8.29. The first-order chi connectivity index (χ1) is 10.7. The largest absolute Gasteiger partial charge is 0.339 e. The van der Waals surface area contributed by atoms with E-state index in [2.05, 4.69) is 15.5 Å². The molecule has 1 amide bonds. The highest BCUT2D eigenvalue weighted by molar-refractivity contribution is 5.91. The molecule has 0 unspecified atom stereocenters. The summed E-state index contributed by atoms with van der Waals surface area (Å²) >= 11 is 0. The normalized spacial score (nSPS) is 10.6. The molecule has 0 bridgehead atoms. The summed E-state index contributed by atoms with van der Waals surface area (Å²) in [5, 5.41) is 6.78. The summed E-state index contributed by atoms with van der Waals surface area (Å²) in [6, 6.07) is 7.43. The van der Waals surface area contributed by atoms with E-state index in [0.29, 0.717) is 24.7 Å². The molecule has 0 spiro atoms. The highest BCUT2D eigenvalue weighted by Gasteiger charge is 2.08. The average Bonchev–Trinajstić information content (AvgIpc) is 2.94. The minimum absolute atomic E-state index is 0.0224. The van der Waals surface area contributed by atoms with Crippen molar-refractivity contribution in [2.45, 2.75) is 39.0 Å². The molecule has 1 heterocycles. The number of carbonyl (C=O) groups is 1. The van der Waals surface area contributed by atoms with Crippen LogP contribution in [0.15, 0.2) is 28.8 Å². The number of nitrogens with one attached hydrogen (secondary N) is 1. The molecule has 0 radical (unpaired) electrons. The standard InChI is InChI=1S/C16H22N4O2/c1-12-18-16(20-22-12)13-7-6-8-14(11-13)19-15(21)9-4-2-3-5-10-17/h6-8,11H,2-5,9-10,17H2,1H3,(H,19,21). The number of amides is 1. The number of carbonyl (C=O) groups excluding carboxylic acids is 1. The predicted octanol–water partition coefficient (Wildman–Crippen LogP) is 2.89. The van der Waals surface area contributed by atoms with Crippen LogP contribution in [0.25, 0.3) is 11.4 Å². The molecule has 1 aromatic heterocycles. The van der Waals surface area contributed by atoms with Gasteiger partial charge in [0.25, 0.3) is 0 Å². The Hall–Kier alpha value is -2.21.